The Morgan fingerprint density at radius 1 is 1.17 bits per heavy atom. The van der Waals surface area contributed by atoms with Gasteiger partial charge in [0.05, 0.1) is 0 Å². The van der Waals surface area contributed by atoms with E-state index < -0.39 is 0 Å². The van der Waals surface area contributed by atoms with Gasteiger partial charge in [0.15, 0.2) is 0 Å². The molecular weight excluding hydrogens is 148 g/mol. The fourth-order valence-electron chi connectivity index (χ4n) is 2.40. The van der Waals surface area contributed by atoms with Crippen LogP contribution in [0.2, 0.25) is 0 Å². The summed E-state index contributed by atoms with van der Waals surface area (Å²) >= 11 is 0. The summed E-state index contributed by atoms with van der Waals surface area (Å²) in [4.78, 5) is 2.67. The normalized spacial score (nSPS) is 38.8. The third kappa shape index (κ3) is 1.80. The van der Waals surface area contributed by atoms with Crippen molar-refractivity contribution in [2.24, 2.45) is 0 Å². The van der Waals surface area contributed by atoms with E-state index in [1.807, 2.05) is 0 Å². The molecule has 0 aromatic rings. The lowest BCUT2D eigenvalue weighted by Gasteiger charge is -2.34. The Bertz CT molecular complexity index is 133. The fraction of sp³-hybridized carbons (Fsp3) is 1.00. The molecule has 2 heterocycles. The van der Waals surface area contributed by atoms with E-state index in [9.17, 15) is 0 Å². The smallest absolute Gasteiger partial charge is 0.0221 e. The molecule has 1 N–H and O–H groups in total. The molecule has 70 valence electrons. The molecule has 2 aliphatic rings. The number of nitrogens with one attached hydrogen (secondary N) is 1. The van der Waals surface area contributed by atoms with Gasteiger partial charge in [0.1, 0.15) is 0 Å². The van der Waals surface area contributed by atoms with Crippen LogP contribution < -0.4 is 5.32 Å². The van der Waals surface area contributed by atoms with Crippen molar-refractivity contribution in [3.05, 3.63) is 0 Å². The maximum atomic E-state index is 3.57. The zero-order valence-corrected chi connectivity index (χ0v) is 8.05. The van der Waals surface area contributed by atoms with Crippen molar-refractivity contribution >= 4 is 0 Å². The average Bonchev–Trinajstić information content (AvgIpc) is 2.58. The molecule has 0 amide bonds. The van der Waals surface area contributed by atoms with Crippen LogP contribution in [0.5, 0.6) is 0 Å². The molecule has 2 atom stereocenters. The summed E-state index contributed by atoms with van der Waals surface area (Å²) in [5.74, 6) is 0. The second-order valence-corrected chi connectivity index (χ2v) is 4.28. The van der Waals surface area contributed by atoms with Gasteiger partial charge >= 0.3 is 0 Å². The molecule has 0 aromatic carbocycles. The van der Waals surface area contributed by atoms with Crippen molar-refractivity contribution in [2.45, 2.75) is 44.7 Å². The molecule has 2 saturated heterocycles. The van der Waals surface area contributed by atoms with E-state index in [1.54, 1.807) is 0 Å². The average molecular weight is 168 g/mol. The van der Waals surface area contributed by atoms with Crippen molar-refractivity contribution in [3.8, 4) is 0 Å². The quantitative estimate of drug-likeness (QED) is 0.633. The van der Waals surface area contributed by atoms with Crippen molar-refractivity contribution in [3.63, 3.8) is 0 Å². The Hall–Kier alpha value is -0.0800. The van der Waals surface area contributed by atoms with Crippen LogP contribution in [0.25, 0.3) is 0 Å². The van der Waals surface area contributed by atoms with E-state index in [-0.39, 0.29) is 0 Å². The first-order chi connectivity index (χ1) is 5.86. The molecule has 12 heavy (non-hydrogen) atoms. The molecule has 2 nitrogen and oxygen atoms in total. The zero-order valence-electron chi connectivity index (χ0n) is 8.05. The van der Waals surface area contributed by atoms with E-state index in [0.717, 1.165) is 12.1 Å². The van der Waals surface area contributed by atoms with Crippen molar-refractivity contribution in [2.75, 3.05) is 19.6 Å². The SMILES string of the molecule is CC1CCC(N2CCCC2)CN1. The highest BCUT2D eigenvalue weighted by Crippen LogP contribution is 2.18. The number of hydrogen-bond donors (Lipinski definition) is 1. The number of nitrogens with zero attached hydrogens (tertiary/aromatic N) is 1. The first kappa shape index (κ1) is 8.52. The van der Waals surface area contributed by atoms with Gasteiger partial charge in [-0.2, -0.15) is 0 Å². The van der Waals surface area contributed by atoms with Crippen molar-refractivity contribution in [1.82, 2.24) is 10.2 Å². The molecule has 0 bridgehead atoms. The van der Waals surface area contributed by atoms with Gasteiger partial charge in [-0.15, -0.1) is 0 Å². The molecule has 2 rings (SSSR count). The molecule has 0 aliphatic carbocycles. The Morgan fingerprint density at radius 3 is 2.50 bits per heavy atom. The Labute approximate surface area is 75.3 Å². The lowest BCUT2D eigenvalue weighted by molar-refractivity contribution is 0.187. The van der Waals surface area contributed by atoms with Crippen LogP contribution in [0, 0.1) is 0 Å². The van der Waals surface area contributed by atoms with Gasteiger partial charge in [0.2, 0.25) is 0 Å². The number of piperidine rings is 1. The first-order valence-corrected chi connectivity index (χ1v) is 5.33. The molecule has 0 saturated carbocycles. The van der Waals surface area contributed by atoms with Gasteiger partial charge in [0.25, 0.3) is 0 Å². The molecular formula is C10H20N2. The van der Waals surface area contributed by atoms with Crippen LogP contribution in [0.3, 0.4) is 0 Å². The Morgan fingerprint density at radius 2 is 1.92 bits per heavy atom. The van der Waals surface area contributed by atoms with Gasteiger partial charge < -0.3 is 5.32 Å². The third-order valence-corrected chi connectivity index (χ3v) is 3.29. The van der Waals surface area contributed by atoms with Crippen LogP contribution >= 0.6 is 0 Å². The van der Waals surface area contributed by atoms with Gasteiger partial charge in [-0.05, 0) is 45.7 Å². The zero-order chi connectivity index (χ0) is 8.39. The minimum Gasteiger partial charge on any atom is -0.313 e. The number of likely N-dealkylation sites (tertiary alicyclic amines) is 1. The van der Waals surface area contributed by atoms with Gasteiger partial charge in [-0.3, -0.25) is 4.90 Å². The minimum atomic E-state index is 0.754. The van der Waals surface area contributed by atoms with Crippen molar-refractivity contribution < 1.29 is 0 Å². The Balaban J connectivity index is 1.80. The van der Waals surface area contributed by atoms with E-state index in [1.165, 1.54) is 45.3 Å². The summed E-state index contributed by atoms with van der Waals surface area (Å²) < 4.78 is 0. The van der Waals surface area contributed by atoms with Crippen LogP contribution in [-0.2, 0) is 0 Å². The lowest BCUT2D eigenvalue weighted by atomic mass is 10.0. The second-order valence-electron chi connectivity index (χ2n) is 4.28. The van der Waals surface area contributed by atoms with Gasteiger partial charge in [-0.25, -0.2) is 0 Å². The van der Waals surface area contributed by atoms with Gasteiger partial charge in [-0.1, -0.05) is 0 Å². The van der Waals surface area contributed by atoms with Crippen molar-refractivity contribution in [1.29, 1.82) is 0 Å². The molecule has 2 heteroatoms. The van der Waals surface area contributed by atoms with E-state index in [0.29, 0.717) is 0 Å². The van der Waals surface area contributed by atoms with Crippen LogP contribution in [0.1, 0.15) is 32.6 Å². The first-order valence-electron chi connectivity index (χ1n) is 5.33. The standard InChI is InChI=1S/C10H20N2/c1-9-4-5-10(8-11-9)12-6-2-3-7-12/h9-11H,2-8H2,1H3. The molecule has 2 unspecified atom stereocenters. The summed E-state index contributed by atoms with van der Waals surface area (Å²) in [6.07, 6.45) is 5.62. The van der Waals surface area contributed by atoms with Crippen LogP contribution in [0.4, 0.5) is 0 Å². The second kappa shape index (κ2) is 3.75. The molecule has 2 fully saturated rings. The maximum Gasteiger partial charge on any atom is 0.0221 e. The van der Waals surface area contributed by atoms with E-state index in [4.69, 9.17) is 0 Å². The van der Waals surface area contributed by atoms with Gasteiger partial charge in [0, 0.05) is 18.6 Å². The highest BCUT2D eigenvalue weighted by molar-refractivity contribution is 4.83. The summed E-state index contributed by atoms with van der Waals surface area (Å²) in [7, 11) is 0. The topological polar surface area (TPSA) is 15.3 Å². The van der Waals surface area contributed by atoms with Crippen LogP contribution in [0.15, 0.2) is 0 Å². The predicted molar refractivity (Wildman–Crippen MR) is 51.3 cm³/mol. The molecule has 0 radical (unpaired) electrons. The molecule has 0 aromatic heterocycles. The summed E-state index contributed by atoms with van der Waals surface area (Å²) in [5, 5.41) is 3.57. The summed E-state index contributed by atoms with van der Waals surface area (Å²) in [6, 6.07) is 1.60. The molecule has 0 spiro atoms. The lowest BCUT2D eigenvalue weighted by Crippen LogP contribution is -2.47. The molecule has 2 aliphatic heterocycles. The largest absolute Gasteiger partial charge is 0.313 e. The van der Waals surface area contributed by atoms with E-state index in [2.05, 4.69) is 17.1 Å². The number of hydrogen-bond acceptors (Lipinski definition) is 2. The highest BCUT2D eigenvalue weighted by atomic mass is 15.2. The third-order valence-electron chi connectivity index (χ3n) is 3.29. The number of rotatable bonds is 1. The summed E-state index contributed by atoms with van der Waals surface area (Å²) in [5.41, 5.74) is 0. The summed E-state index contributed by atoms with van der Waals surface area (Å²) in [6.45, 7) is 6.21. The van der Waals surface area contributed by atoms with Crippen LogP contribution in [-0.4, -0.2) is 36.6 Å². The maximum absolute atomic E-state index is 3.57. The predicted octanol–water partition coefficient (Wildman–Crippen LogP) is 1.22. The monoisotopic (exact) mass is 168 g/mol. The fourth-order valence-corrected chi connectivity index (χ4v) is 2.40. The van der Waals surface area contributed by atoms with E-state index >= 15 is 0 Å². The highest BCUT2D eigenvalue weighted by Gasteiger charge is 2.25. The Kier molecular flexibility index (Phi) is 2.66. The minimum absolute atomic E-state index is 0.754.